The van der Waals surface area contributed by atoms with Crippen molar-refractivity contribution in [1.82, 2.24) is 4.57 Å². The number of benzene rings is 2. The van der Waals surface area contributed by atoms with Crippen LogP contribution in [0.1, 0.15) is 37.9 Å². The molecule has 202 valence electrons. The first-order chi connectivity index (χ1) is 18.7. The van der Waals surface area contributed by atoms with Crippen LogP contribution in [0, 0.1) is 0 Å². The first kappa shape index (κ1) is 26.9. The van der Waals surface area contributed by atoms with Gasteiger partial charge in [0.15, 0.2) is 16.3 Å². The largest absolute Gasteiger partial charge is 0.493 e. The van der Waals surface area contributed by atoms with Gasteiger partial charge in [0.1, 0.15) is 4.53 Å². The molecule has 1 amide bonds. The zero-order valence-electron chi connectivity index (χ0n) is 22.0. The van der Waals surface area contributed by atoms with Crippen LogP contribution in [-0.4, -0.2) is 43.8 Å². The Hall–Kier alpha value is -3.70. The minimum Gasteiger partial charge on any atom is -0.493 e. The van der Waals surface area contributed by atoms with Gasteiger partial charge in [0.25, 0.3) is 11.5 Å². The smallest absolute Gasteiger partial charge is 0.338 e. The number of carbonyl (C=O) groups is 2. The molecule has 0 aliphatic carbocycles. The molecule has 39 heavy (non-hydrogen) atoms. The van der Waals surface area contributed by atoms with Gasteiger partial charge in [-0.25, -0.2) is 9.79 Å². The van der Waals surface area contributed by atoms with Gasteiger partial charge in [0, 0.05) is 16.6 Å². The third-order valence-electron chi connectivity index (χ3n) is 6.74. The van der Waals surface area contributed by atoms with Crippen LogP contribution in [0.4, 0.5) is 5.69 Å². The number of aromatic nitrogens is 1. The summed E-state index contributed by atoms with van der Waals surface area (Å²) in [6.45, 7) is 5.94. The molecule has 0 fully saturated rings. The van der Waals surface area contributed by atoms with Crippen molar-refractivity contribution in [1.29, 1.82) is 0 Å². The zero-order valence-corrected chi connectivity index (χ0v) is 24.4. The van der Waals surface area contributed by atoms with Crippen LogP contribution in [0.2, 0.25) is 0 Å². The summed E-state index contributed by atoms with van der Waals surface area (Å²) < 4.78 is 18.8. The highest BCUT2D eigenvalue weighted by Crippen LogP contribution is 2.38. The number of esters is 1. The highest BCUT2D eigenvalue weighted by molar-refractivity contribution is 9.10. The van der Waals surface area contributed by atoms with Crippen molar-refractivity contribution in [3.8, 4) is 11.5 Å². The van der Waals surface area contributed by atoms with Crippen molar-refractivity contribution >= 4 is 50.4 Å². The van der Waals surface area contributed by atoms with Crippen molar-refractivity contribution in [2.45, 2.75) is 26.8 Å². The molecule has 0 saturated heterocycles. The van der Waals surface area contributed by atoms with Crippen LogP contribution in [0.5, 0.6) is 11.5 Å². The lowest BCUT2D eigenvalue weighted by atomic mass is 9.95. The molecule has 2 aliphatic heterocycles. The van der Waals surface area contributed by atoms with Crippen molar-refractivity contribution < 1.29 is 23.8 Å². The van der Waals surface area contributed by atoms with E-state index in [0.717, 1.165) is 21.5 Å². The normalized spacial score (nSPS) is 17.5. The number of carbonyl (C=O) groups excluding carboxylic acids is 2. The molecule has 0 bridgehead atoms. The summed E-state index contributed by atoms with van der Waals surface area (Å²) in [6.07, 6.45) is 0. The zero-order chi connectivity index (χ0) is 28.0. The molecule has 1 atom stereocenters. The maximum atomic E-state index is 14.2. The predicted octanol–water partition coefficient (Wildman–Crippen LogP) is 3.31. The summed E-state index contributed by atoms with van der Waals surface area (Å²) >= 11 is 4.63. The number of allylic oxidation sites excluding steroid dienone is 1. The minimum absolute atomic E-state index is 0.163. The minimum atomic E-state index is -0.852. The molecule has 0 saturated carbocycles. The SMILES string of the molecule is CCOC(=O)C1=C(C)N=c2s/c(=C3/C(=O)N(CC)c4ccc(Br)cc43)c(=O)n2[C@@H]1c1ccc(OC)c(OC)c1. The fourth-order valence-electron chi connectivity index (χ4n) is 5.02. The van der Waals surface area contributed by atoms with Gasteiger partial charge >= 0.3 is 5.97 Å². The maximum Gasteiger partial charge on any atom is 0.338 e. The lowest BCUT2D eigenvalue weighted by Crippen LogP contribution is -2.41. The second-order valence-corrected chi connectivity index (χ2v) is 10.7. The summed E-state index contributed by atoms with van der Waals surface area (Å²) in [4.78, 5) is 47.7. The Labute approximate surface area is 236 Å². The molecule has 2 aromatic carbocycles. The van der Waals surface area contributed by atoms with Crippen LogP contribution in [0.3, 0.4) is 0 Å². The number of amides is 1. The molecule has 2 aliphatic rings. The number of thiazole rings is 1. The number of likely N-dealkylation sites (N-methyl/N-ethyl adjacent to an activating group) is 1. The molecule has 11 heteroatoms. The van der Waals surface area contributed by atoms with E-state index in [1.807, 2.05) is 25.1 Å². The summed E-state index contributed by atoms with van der Waals surface area (Å²) in [6, 6.07) is 9.95. The van der Waals surface area contributed by atoms with Crippen molar-refractivity contribution in [3.05, 3.63) is 83.0 Å². The van der Waals surface area contributed by atoms with Gasteiger partial charge in [0.2, 0.25) is 0 Å². The quantitative estimate of drug-likeness (QED) is 0.397. The Morgan fingerprint density at radius 2 is 1.82 bits per heavy atom. The van der Waals surface area contributed by atoms with Crippen LogP contribution in [-0.2, 0) is 14.3 Å². The van der Waals surface area contributed by atoms with E-state index in [1.165, 1.54) is 18.8 Å². The van der Waals surface area contributed by atoms with Crippen LogP contribution in [0.25, 0.3) is 5.57 Å². The second kappa shape index (κ2) is 10.5. The first-order valence-electron chi connectivity index (χ1n) is 12.3. The Morgan fingerprint density at radius 1 is 1.08 bits per heavy atom. The fraction of sp³-hybridized carbons (Fsp3) is 0.286. The van der Waals surface area contributed by atoms with Gasteiger partial charge in [-0.1, -0.05) is 33.3 Å². The van der Waals surface area contributed by atoms with Gasteiger partial charge in [-0.2, -0.15) is 0 Å². The molecule has 3 aromatic rings. The summed E-state index contributed by atoms with van der Waals surface area (Å²) in [5.41, 5.74) is 2.60. The predicted molar refractivity (Wildman–Crippen MR) is 151 cm³/mol. The average molecular weight is 613 g/mol. The van der Waals surface area contributed by atoms with Gasteiger partial charge in [-0.05, 0) is 56.7 Å². The van der Waals surface area contributed by atoms with E-state index in [4.69, 9.17) is 14.2 Å². The Morgan fingerprint density at radius 3 is 2.49 bits per heavy atom. The topological polar surface area (TPSA) is 99.4 Å². The fourth-order valence-corrected chi connectivity index (χ4v) is 6.51. The van der Waals surface area contributed by atoms with E-state index in [0.29, 0.717) is 45.2 Å². The molecule has 9 nitrogen and oxygen atoms in total. The van der Waals surface area contributed by atoms with Gasteiger partial charge in [0.05, 0.1) is 49.4 Å². The number of methoxy groups -OCH3 is 2. The number of hydrogen-bond donors (Lipinski definition) is 0. The Kier molecular flexibility index (Phi) is 7.21. The lowest BCUT2D eigenvalue weighted by molar-refractivity contribution is -0.139. The van der Waals surface area contributed by atoms with Crippen LogP contribution >= 0.6 is 27.3 Å². The molecule has 5 rings (SSSR count). The van der Waals surface area contributed by atoms with E-state index in [-0.39, 0.29) is 22.6 Å². The van der Waals surface area contributed by atoms with Crippen molar-refractivity contribution in [2.24, 2.45) is 4.99 Å². The second-order valence-electron chi connectivity index (χ2n) is 8.82. The highest BCUT2D eigenvalue weighted by Gasteiger charge is 2.37. The number of hydrogen-bond acceptors (Lipinski definition) is 8. The summed E-state index contributed by atoms with van der Waals surface area (Å²) in [7, 11) is 3.05. The van der Waals surface area contributed by atoms with Crippen molar-refractivity contribution in [2.75, 3.05) is 32.3 Å². The van der Waals surface area contributed by atoms with E-state index >= 15 is 0 Å². The monoisotopic (exact) mass is 611 g/mol. The van der Waals surface area contributed by atoms with Gasteiger partial charge in [-0.15, -0.1) is 0 Å². The molecule has 0 N–H and O–H groups in total. The number of nitrogens with zero attached hydrogens (tertiary/aromatic N) is 3. The summed E-state index contributed by atoms with van der Waals surface area (Å²) in [5, 5.41) is 0. The summed E-state index contributed by atoms with van der Waals surface area (Å²) in [5.74, 6) is 0.133. The third-order valence-corrected chi connectivity index (χ3v) is 8.28. The highest BCUT2D eigenvalue weighted by atomic mass is 79.9. The van der Waals surface area contributed by atoms with Crippen LogP contribution < -0.4 is 29.3 Å². The number of halogens is 1. The lowest BCUT2D eigenvalue weighted by Gasteiger charge is -2.25. The molecule has 0 unspecified atom stereocenters. The van der Waals surface area contributed by atoms with E-state index in [2.05, 4.69) is 20.9 Å². The number of rotatable bonds is 6. The number of anilines is 1. The molecular formula is C28H26BrN3O6S. The average Bonchev–Trinajstić information content (AvgIpc) is 3.38. The third kappa shape index (κ3) is 4.29. The van der Waals surface area contributed by atoms with Crippen molar-refractivity contribution in [3.63, 3.8) is 0 Å². The van der Waals surface area contributed by atoms with E-state index in [9.17, 15) is 14.4 Å². The number of fused-ring (bicyclic) bond motifs is 2. The van der Waals surface area contributed by atoms with E-state index < -0.39 is 17.6 Å². The Balaban J connectivity index is 1.84. The molecular weight excluding hydrogens is 586 g/mol. The molecule has 3 heterocycles. The number of ether oxygens (including phenoxy) is 3. The van der Waals surface area contributed by atoms with Gasteiger partial charge in [-0.3, -0.25) is 14.2 Å². The van der Waals surface area contributed by atoms with Crippen LogP contribution in [0.15, 0.2) is 61.9 Å². The molecule has 0 radical (unpaired) electrons. The molecule has 0 spiro atoms. The molecule has 1 aromatic heterocycles. The Bertz CT molecular complexity index is 1740. The maximum absolute atomic E-state index is 14.2. The standard InChI is InChI=1S/C28H26BrN3O6S/c1-6-31-18-10-9-16(29)13-17(18)22(25(31)33)24-26(34)32-23(15-8-11-19(36-4)20(12-15)37-5)21(27(35)38-7-2)14(3)30-28(32)39-24/h8-13,23H,6-7H2,1-5H3/b24-22+/t23-/m1/s1. The van der Waals surface area contributed by atoms with Gasteiger partial charge < -0.3 is 19.1 Å². The van der Waals surface area contributed by atoms with E-state index in [1.54, 1.807) is 36.9 Å². The first-order valence-corrected chi connectivity index (χ1v) is 13.9.